The summed E-state index contributed by atoms with van der Waals surface area (Å²) in [6.45, 7) is 0. The lowest BCUT2D eigenvalue weighted by atomic mass is 9.92. The number of rotatable bonds is 4. The highest BCUT2D eigenvalue weighted by atomic mass is 32.2. The van der Waals surface area contributed by atoms with Gasteiger partial charge in [-0.05, 0) is 30.3 Å². The molecule has 0 aliphatic heterocycles. The summed E-state index contributed by atoms with van der Waals surface area (Å²) >= 11 is 0. The number of nitrogens with two attached hydrogens (primary N) is 1. The maximum atomic E-state index is 12.9. The van der Waals surface area contributed by atoms with Gasteiger partial charge in [0, 0.05) is 18.3 Å². The minimum Gasteiger partial charge on any atom is -0.399 e. The highest BCUT2D eigenvalue weighted by molar-refractivity contribution is 7.92. The highest BCUT2D eigenvalue weighted by Crippen LogP contribution is 2.50. The zero-order valence-electron chi connectivity index (χ0n) is 14.1. The molecule has 5 nitrogen and oxygen atoms in total. The Morgan fingerprint density at radius 1 is 0.929 bits per heavy atom. The van der Waals surface area contributed by atoms with Crippen LogP contribution in [0.25, 0.3) is 0 Å². The molecule has 2 aromatic rings. The minimum absolute atomic E-state index is 0.144. The second-order valence-corrected chi connectivity index (χ2v) is 7.77. The monoisotopic (exact) mass is 428 g/mol. The van der Waals surface area contributed by atoms with E-state index in [1.165, 1.54) is 18.2 Å². The molecule has 0 aliphatic rings. The fourth-order valence-corrected chi connectivity index (χ4v) is 3.62. The number of hydrogen-bond donors (Lipinski definition) is 2. The van der Waals surface area contributed by atoms with Crippen molar-refractivity contribution < 1.29 is 39.9 Å². The smallest absolute Gasteiger partial charge is 0.399 e. The van der Waals surface area contributed by atoms with Crippen molar-refractivity contribution in [3.05, 3.63) is 54.1 Å². The Morgan fingerprint density at radius 3 is 1.86 bits per heavy atom. The van der Waals surface area contributed by atoms with Gasteiger partial charge >= 0.3 is 12.4 Å². The topological polar surface area (TPSA) is 83.6 Å². The minimum atomic E-state index is -6.04. The summed E-state index contributed by atoms with van der Waals surface area (Å²) in [4.78, 5) is -0.221. The molecule has 0 saturated heterocycles. The summed E-state index contributed by atoms with van der Waals surface area (Å²) in [6.07, 6.45) is -12.1. The third-order valence-corrected chi connectivity index (χ3v) is 5.77. The van der Waals surface area contributed by atoms with Gasteiger partial charge < -0.3 is 10.8 Å². The number of nitrogen functional groups attached to an aromatic ring is 1. The van der Waals surface area contributed by atoms with Gasteiger partial charge in [0.2, 0.25) is 0 Å². The van der Waals surface area contributed by atoms with Gasteiger partial charge in [-0.3, -0.25) is 4.31 Å². The van der Waals surface area contributed by atoms with Crippen molar-refractivity contribution in [1.82, 2.24) is 0 Å². The number of aliphatic hydroxyl groups is 1. The lowest BCUT2D eigenvalue weighted by Gasteiger charge is -2.33. The van der Waals surface area contributed by atoms with Crippen LogP contribution in [0.2, 0.25) is 0 Å². The molecule has 0 unspecified atom stereocenters. The largest absolute Gasteiger partial charge is 0.430 e. The van der Waals surface area contributed by atoms with E-state index < -0.39 is 33.5 Å². The number of halogens is 6. The average molecular weight is 428 g/mol. The summed E-state index contributed by atoms with van der Waals surface area (Å²) in [5, 5.41) is 9.36. The second kappa shape index (κ2) is 6.85. The Morgan fingerprint density at radius 2 is 1.43 bits per heavy atom. The zero-order valence-corrected chi connectivity index (χ0v) is 14.9. The molecular weight excluding hydrogens is 414 g/mol. The quantitative estimate of drug-likeness (QED) is 0.578. The number of hydrogen-bond acceptors (Lipinski definition) is 4. The Bertz CT molecular complexity index is 942. The highest BCUT2D eigenvalue weighted by Gasteiger charge is 2.71. The molecular formula is C16H14F6N2O3S. The van der Waals surface area contributed by atoms with Gasteiger partial charge in [-0.15, -0.1) is 0 Å². The lowest BCUT2D eigenvalue weighted by Crippen LogP contribution is -2.53. The summed E-state index contributed by atoms with van der Waals surface area (Å²) < 4.78 is 103. The van der Waals surface area contributed by atoms with E-state index in [-0.39, 0.29) is 16.3 Å². The van der Waals surface area contributed by atoms with Gasteiger partial charge in [0.15, 0.2) is 0 Å². The van der Waals surface area contributed by atoms with Crippen molar-refractivity contribution in [1.29, 1.82) is 0 Å². The molecule has 3 N–H and O–H groups in total. The molecule has 154 valence electrons. The molecule has 0 amide bonds. The Labute approximate surface area is 156 Å². The summed E-state index contributed by atoms with van der Waals surface area (Å²) in [5.41, 5.74) is -1.15. The number of anilines is 2. The maximum Gasteiger partial charge on any atom is 0.430 e. The van der Waals surface area contributed by atoms with E-state index in [1.807, 2.05) is 0 Å². The van der Waals surface area contributed by atoms with Crippen LogP contribution in [0, 0.1) is 0 Å². The molecule has 12 heteroatoms. The van der Waals surface area contributed by atoms with Crippen molar-refractivity contribution in [2.45, 2.75) is 22.8 Å². The standard InChI is InChI=1S/C16H14F6N2O3S/c1-24(28(26,27)13-4-2-3-11(23)9-13)12-7-5-10(6-8-12)14(25,15(17,18)19)16(20,21)22/h2-9,25H,23H2,1H3. The number of nitrogens with zero attached hydrogens (tertiary/aromatic N) is 1. The average Bonchev–Trinajstić information content (AvgIpc) is 2.58. The predicted molar refractivity (Wildman–Crippen MR) is 88.9 cm³/mol. The molecule has 0 aromatic heterocycles. The van der Waals surface area contributed by atoms with Gasteiger partial charge in [0.05, 0.1) is 10.6 Å². The van der Waals surface area contributed by atoms with Crippen molar-refractivity contribution >= 4 is 21.4 Å². The zero-order chi connectivity index (χ0) is 21.5. The van der Waals surface area contributed by atoms with Crippen LogP contribution in [0.5, 0.6) is 0 Å². The first-order chi connectivity index (χ1) is 12.6. The lowest BCUT2D eigenvalue weighted by molar-refractivity contribution is -0.376. The summed E-state index contributed by atoms with van der Waals surface area (Å²) in [5.74, 6) is 0. The van der Waals surface area contributed by atoms with Crippen molar-refractivity contribution in [3.8, 4) is 0 Å². The van der Waals surface area contributed by atoms with E-state index in [4.69, 9.17) is 5.73 Å². The van der Waals surface area contributed by atoms with Gasteiger partial charge in [0.1, 0.15) is 0 Å². The van der Waals surface area contributed by atoms with E-state index in [0.29, 0.717) is 16.4 Å². The van der Waals surface area contributed by atoms with Crippen molar-refractivity contribution in [2.24, 2.45) is 0 Å². The molecule has 0 saturated carbocycles. The number of sulfonamides is 1. The van der Waals surface area contributed by atoms with E-state index in [0.717, 1.165) is 25.2 Å². The first-order valence-corrected chi connectivity index (χ1v) is 8.87. The summed E-state index contributed by atoms with van der Waals surface area (Å²) in [7, 11) is -3.11. The normalized spacial score (nSPS) is 13.4. The molecule has 0 atom stereocenters. The van der Waals surface area contributed by atoms with Crippen LogP contribution in [0.4, 0.5) is 37.7 Å². The van der Waals surface area contributed by atoms with Gasteiger partial charge in [-0.1, -0.05) is 18.2 Å². The van der Waals surface area contributed by atoms with Crippen LogP contribution < -0.4 is 10.0 Å². The van der Waals surface area contributed by atoms with Crippen molar-refractivity contribution in [2.75, 3.05) is 17.1 Å². The SMILES string of the molecule is CN(c1ccc(C(O)(C(F)(F)F)C(F)(F)F)cc1)S(=O)(=O)c1cccc(N)c1. The van der Waals surface area contributed by atoms with Crippen molar-refractivity contribution in [3.63, 3.8) is 0 Å². The Balaban J connectivity index is 2.46. The predicted octanol–water partition coefficient (Wildman–Crippen LogP) is 3.41. The van der Waals surface area contributed by atoms with Crippen LogP contribution >= 0.6 is 0 Å². The van der Waals surface area contributed by atoms with Gasteiger partial charge in [-0.2, -0.15) is 26.3 Å². The van der Waals surface area contributed by atoms with E-state index in [9.17, 15) is 39.9 Å². The van der Waals surface area contributed by atoms with Crippen LogP contribution in [0.1, 0.15) is 5.56 Å². The van der Waals surface area contributed by atoms with Crippen LogP contribution in [0.3, 0.4) is 0 Å². The molecule has 2 rings (SSSR count). The molecule has 0 heterocycles. The molecule has 0 bridgehead atoms. The number of benzene rings is 2. The van der Waals surface area contributed by atoms with Crippen LogP contribution in [-0.2, 0) is 15.6 Å². The number of alkyl halides is 6. The fourth-order valence-electron chi connectivity index (χ4n) is 2.37. The van der Waals surface area contributed by atoms with Crippen LogP contribution in [0.15, 0.2) is 53.4 Å². The Kier molecular flexibility index (Phi) is 5.34. The van der Waals surface area contributed by atoms with Crippen LogP contribution in [-0.4, -0.2) is 32.9 Å². The molecule has 0 fully saturated rings. The maximum absolute atomic E-state index is 12.9. The molecule has 28 heavy (non-hydrogen) atoms. The van der Waals surface area contributed by atoms with Gasteiger partial charge in [0.25, 0.3) is 15.6 Å². The van der Waals surface area contributed by atoms with E-state index in [2.05, 4.69) is 0 Å². The second-order valence-electron chi connectivity index (χ2n) is 5.80. The molecule has 0 spiro atoms. The fraction of sp³-hybridized carbons (Fsp3) is 0.250. The van der Waals surface area contributed by atoms with E-state index >= 15 is 0 Å². The first kappa shape index (κ1) is 21.8. The third-order valence-electron chi connectivity index (χ3n) is 3.99. The first-order valence-electron chi connectivity index (χ1n) is 7.43. The Hall–Kier alpha value is -2.47. The van der Waals surface area contributed by atoms with E-state index in [1.54, 1.807) is 0 Å². The van der Waals surface area contributed by atoms with Gasteiger partial charge in [-0.25, -0.2) is 8.42 Å². The molecule has 0 radical (unpaired) electrons. The molecule has 0 aliphatic carbocycles. The summed E-state index contributed by atoms with van der Waals surface area (Å²) in [6, 6.07) is 7.34. The molecule has 2 aromatic carbocycles. The third kappa shape index (κ3) is 3.61.